The largest absolute Gasteiger partial charge is 0.399 e. The molecule has 1 amide bonds. The zero-order valence-corrected chi connectivity index (χ0v) is 11.0. The van der Waals surface area contributed by atoms with Crippen LogP contribution >= 0.6 is 0 Å². The Kier molecular flexibility index (Phi) is 3.75. The number of amides is 1. The lowest BCUT2D eigenvalue weighted by atomic mass is 10.2. The second-order valence-corrected chi connectivity index (χ2v) is 4.19. The predicted octanol–water partition coefficient (Wildman–Crippen LogP) is 2.03. The van der Waals surface area contributed by atoms with Crippen LogP contribution in [-0.2, 0) is 0 Å². The van der Waals surface area contributed by atoms with Crippen molar-refractivity contribution in [3.05, 3.63) is 48.0 Å². The highest BCUT2D eigenvalue weighted by Crippen LogP contribution is 2.19. The highest BCUT2D eigenvalue weighted by atomic mass is 16.2. The fourth-order valence-electron chi connectivity index (χ4n) is 1.78. The number of benzene rings is 1. The number of hydrogen-bond donors (Lipinski definition) is 1. The average molecular weight is 256 g/mol. The molecule has 0 saturated heterocycles. The first-order chi connectivity index (χ1) is 9.11. The molecule has 0 aliphatic rings. The Morgan fingerprint density at radius 2 is 2.11 bits per heavy atom. The number of aryl methyl sites for hydroxylation is 1. The number of carbonyl (C=O) groups is 1. The maximum atomic E-state index is 12.4. The van der Waals surface area contributed by atoms with Gasteiger partial charge in [0.25, 0.3) is 5.91 Å². The molecule has 0 spiro atoms. The molecule has 2 aromatic rings. The van der Waals surface area contributed by atoms with E-state index in [0.717, 1.165) is 11.4 Å². The summed E-state index contributed by atoms with van der Waals surface area (Å²) >= 11 is 0. The first-order valence-electron chi connectivity index (χ1n) is 6.08. The second-order valence-electron chi connectivity index (χ2n) is 4.19. The van der Waals surface area contributed by atoms with Gasteiger partial charge in [0.1, 0.15) is 5.69 Å². The molecule has 0 aliphatic heterocycles. The van der Waals surface area contributed by atoms with Gasteiger partial charge in [-0.15, -0.1) is 0 Å². The SMILES string of the molecule is CCN(C(=O)c1cnc(C)cn1)c1cccc(N)c1. The second kappa shape index (κ2) is 5.48. The number of nitrogens with zero attached hydrogens (tertiary/aromatic N) is 3. The van der Waals surface area contributed by atoms with E-state index in [1.165, 1.54) is 6.20 Å². The maximum absolute atomic E-state index is 12.4. The van der Waals surface area contributed by atoms with Crippen molar-refractivity contribution < 1.29 is 4.79 Å². The van der Waals surface area contributed by atoms with Crippen LogP contribution in [0.25, 0.3) is 0 Å². The summed E-state index contributed by atoms with van der Waals surface area (Å²) in [4.78, 5) is 22.2. The van der Waals surface area contributed by atoms with Gasteiger partial charge in [-0.1, -0.05) is 6.07 Å². The van der Waals surface area contributed by atoms with E-state index in [1.807, 2.05) is 26.0 Å². The summed E-state index contributed by atoms with van der Waals surface area (Å²) in [7, 11) is 0. The number of anilines is 2. The number of aromatic nitrogens is 2. The van der Waals surface area contributed by atoms with E-state index < -0.39 is 0 Å². The Balaban J connectivity index is 2.31. The summed E-state index contributed by atoms with van der Waals surface area (Å²) < 4.78 is 0. The molecule has 5 heteroatoms. The summed E-state index contributed by atoms with van der Waals surface area (Å²) in [6.07, 6.45) is 3.08. The molecule has 0 bridgehead atoms. The molecule has 0 unspecified atom stereocenters. The number of nitrogens with two attached hydrogens (primary N) is 1. The highest BCUT2D eigenvalue weighted by Gasteiger charge is 2.17. The lowest BCUT2D eigenvalue weighted by molar-refractivity contribution is 0.0983. The molecular weight excluding hydrogens is 240 g/mol. The number of carbonyl (C=O) groups excluding carboxylic acids is 1. The van der Waals surface area contributed by atoms with E-state index >= 15 is 0 Å². The zero-order chi connectivity index (χ0) is 13.8. The summed E-state index contributed by atoms with van der Waals surface area (Å²) in [5, 5.41) is 0. The third-order valence-corrected chi connectivity index (χ3v) is 2.74. The fourth-order valence-corrected chi connectivity index (χ4v) is 1.78. The Morgan fingerprint density at radius 1 is 1.32 bits per heavy atom. The van der Waals surface area contributed by atoms with Crippen LogP contribution in [0.15, 0.2) is 36.7 Å². The standard InChI is InChI=1S/C14H16N4O/c1-3-18(12-6-4-5-11(15)7-12)14(19)13-9-16-10(2)8-17-13/h4-9H,3,15H2,1-2H3. The number of rotatable bonds is 3. The van der Waals surface area contributed by atoms with E-state index in [-0.39, 0.29) is 5.91 Å². The van der Waals surface area contributed by atoms with Gasteiger partial charge in [-0.3, -0.25) is 9.78 Å². The minimum absolute atomic E-state index is 0.180. The molecular formula is C14H16N4O. The predicted molar refractivity (Wildman–Crippen MR) is 75.0 cm³/mol. The smallest absolute Gasteiger partial charge is 0.278 e. The van der Waals surface area contributed by atoms with Gasteiger partial charge in [0.15, 0.2) is 0 Å². The minimum Gasteiger partial charge on any atom is -0.399 e. The van der Waals surface area contributed by atoms with Crippen LogP contribution in [0.5, 0.6) is 0 Å². The average Bonchev–Trinajstić information content (AvgIpc) is 2.40. The van der Waals surface area contributed by atoms with Gasteiger partial charge in [0.05, 0.1) is 11.9 Å². The van der Waals surface area contributed by atoms with Crippen LogP contribution in [0.1, 0.15) is 23.1 Å². The molecule has 98 valence electrons. The van der Waals surface area contributed by atoms with Crippen LogP contribution in [-0.4, -0.2) is 22.4 Å². The van der Waals surface area contributed by atoms with E-state index in [4.69, 9.17) is 5.73 Å². The van der Waals surface area contributed by atoms with Crippen LogP contribution in [0.3, 0.4) is 0 Å². The van der Waals surface area contributed by atoms with Gasteiger partial charge in [-0.05, 0) is 32.0 Å². The van der Waals surface area contributed by atoms with E-state index in [9.17, 15) is 4.79 Å². The molecule has 0 atom stereocenters. The van der Waals surface area contributed by atoms with Crippen molar-refractivity contribution in [3.63, 3.8) is 0 Å². The van der Waals surface area contributed by atoms with Gasteiger partial charge in [0.2, 0.25) is 0 Å². The van der Waals surface area contributed by atoms with Crippen molar-refractivity contribution in [2.45, 2.75) is 13.8 Å². The Morgan fingerprint density at radius 3 is 2.68 bits per heavy atom. The molecule has 0 aliphatic carbocycles. The minimum atomic E-state index is -0.180. The molecule has 5 nitrogen and oxygen atoms in total. The maximum Gasteiger partial charge on any atom is 0.278 e. The molecule has 1 aromatic carbocycles. The van der Waals surface area contributed by atoms with Gasteiger partial charge in [0, 0.05) is 24.1 Å². The Bertz CT molecular complexity index is 580. The molecule has 0 fully saturated rings. The molecule has 2 N–H and O–H groups in total. The fraction of sp³-hybridized carbons (Fsp3) is 0.214. The highest BCUT2D eigenvalue weighted by molar-refractivity contribution is 6.04. The van der Waals surface area contributed by atoms with Gasteiger partial charge >= 0.3 is 0 Å². The van der Waals surface area contributed by atoms with Crippen molar-refractivity contribution in [1.29, 1.82) is 0 Å². The van der Waals surface area contributed by atoms with Crippen molar-refractivity contribution in [3.8, 4) is 0 Å². The zero-order valence-electron chi connectivity index (χ0n) is 11.0. The molecule has 0 saturated carbocycles. The normalized spacial score (nSPS) is 10.2. The number of hydrogen-bond acceptors (Lipinski definition) is 4. The lowest BCUT2D eigenvalue weighted by Gasteiger charge is -2.20. The van der Waals surface area contributed by atoms with Crippen molar-refractivity contribution in [2.24, 2.45) is 0 Å². The van der Waals surface area contributed by atoms with Crippen LogP contribution in [0.2, 0.25) is 0 Å². The molecule has 0 radical (unpaired) electrons. The summed E-state index contributed by atoms with van der Waals surface area (Å²) in [5.41, 5.74) is 8.24. The lowest BCUT2D eigenvalue weighted by Crippen LogP contribution is -2.31. The molecule has 1 heterocycles. The number of nitrogen functional groups attached to an aromatic ring is 1. The van der Waals surface area contributed by atoms with Crippen LogP contribution < -0.4 is 10.6 Å². The van der Waals surface area contributed by atoms with Crippen molar-refractivity contribution >= 4 is 17.3 Å². The third kappa shape index (κ3) is 2.88. The molecule has 2 rings (SSSR count). The first-order valence-corrected chi connectivity index (χ1v) is 6.08. The van der Waals surface area contributed by atoms with Gasteiger partial charge < -0.3 is 10.6 Å². The topological polar surface area (TPSA) is 72.1 Å². The molecule has 19 heavy (non-hydrogen) atoms. The van der Waals surface area contributed by atoms with Gasteiger partial charge in [-0.25, -0.2) is 4.98 Å². The van der Waals surface area contributed by atoms with Crippen molar-refractivity contribution in [2.75, 3.05) is 17.2 Å². The van der Waals surface area contributed by atoms with E-state index in [1.54, 1.807) is 23.2 Å². The summed E-state index contributed by atoms with van der Waals surface area (Å²) in [6.45, 7) is 4.28. The third-order valence-electron chi connectivity index (χ3n) is 2.74. The quantitative estimate of drug-likeness (QED) is 0.853. The van der Waals surface area contributed by atoms with Gasteiger partial charge in [-0.2, -0.15) is 0 Å². The summed E-state index contributed by atoms with van der Waals surface area (Å²) in [6, 6.07) is 7.22. The van der Waals surface area contributed by atoms with E-state index in [0.29, 0.717) is 17.9 Å². The van der Waals surface area contributed by atoms with Crippen molar-refractivity contribution in [1.82, 2.24) is 9.97 Å². The van der Waals surface area contributed by atoms with Crippen LogP contribution in [0, 0.1) is 6.92 Å². The first kappa shape index (κ1) is 13.0. The molecule has 1 aromatic heterocycles. The summed E-state index contributed by atoms with van der Waals surface area (Å²) in [5.74, 6) is -0.180. The van der Waals surface area contributed by atoms with E-state index in [2.05, 4.69) is 9.97 Å². The monoisotopic (exact) mass is 256 g/mol. The Hall–Kier alpha value is -2.43. The Labute approximate surface area is 112 Å². The van der Waals surface area contributed by atoms with Crippen LogP contribution in [0.4, 0.5) is 11.4 Å².